The molecule has 2 heterocycles. The molecule has 0 radical (unpaired) electrons. The monoisotopic (exact) mass is 212 g/mol. The summed E-state index contributed by atoms with van der Waals surface area (Å²) in [6.45, 7) is 3.49. The minimum absolute atomic E-state index is 0.215. The van der Waals surface area contributed by atoms with E-state index in [0.29, 0.717) is 6.54 Å². The quantitative estimate of drug-likeness (QED) is 0.706. The maximum Gasteiger partial charge on any atom is 0.223 e. The number of carbonyl (C=O) groups is 1. The molecule has 0 bridgehead atoms. The Morgan fingerprint density at radius 2 is 2.13 bits per heavy atom. The lowest BCUT2D eigenvalue weighted by Crippen LogP contribution is -2.40. The molecule has 1 amide bonds. The topological polar surface area (TPSA) is 50.4 Å². The van der Waals surface area contributed by atoms with Gasteiger partial charge in [0.25, 0.3) is 0 Å². The average molecular weight is 212 g/mol. The first-order valence-corrected chi connectivity index (χ1v) is 5.96. The molecular weight excluding hydrogens is 192 g/mol. The molecule has 15 heavy (non-hydrogen) atoms. The summed E-state index contributed by atoms with van der Waals surface area (Å²) in [5.74, 6) is 0.430. The van der Waals surface area contributed by atoms with Gasteiger partial charge >= 0.3 is 0 Å². The zero-order valence-electron chi connectivity index (χ0n) is 9.13. The van der Waals surface area contributed by atoms with Crippen LogP contribution in [0, 0.1) is 5.92 Å². The Kier molecular flexibility index (Phi) is 3.97. The van der Waals surface area contributed by atoms with Crippen LogP contribution in [0.15, 0.2) is 0 Å². The van der Waals surface area contributed by atoms with E-state index in [1.165, 1.54) is 0 Å². The van der Waals surface area contributed by atoms with E-state index < -0.39 is 0 Å². The van der Waals surface area contributed by atoms with Crippen molar-refractivity contribution in [3.63, 3.8) is 0 Å². The summed E-state index contributed by atoms with van der Waals surface area (Å²) in [7, 11) is 0. The van der Waals surface area contributed by atoms with Gasteiger partial charge in [0.15, 0.2) is 0 Å². The summed E-state index contributed by atoms with van der Waals surface area (Å²) in [5, 5.41) is 6.26. The van der Waals surface area contributed by atoms with Crippen LogP contribution >= 0.6 is 0 Å². The second kappa shape index (κ2) is 5.47. The van der Waals surface area contributed by atoms with Gasteiger partial charge in [-0.15, -0.1) is 0 Å². The zero-order valence-corrected chi connectivity index (χ0v) is 9.13. The molecule has 2 fully saturated rings. The molecule has 4 heteroatoms. The van der Waals surface area contributed by atoms with Crippen molar-refractivity contribution >= 4 is 5.91 Å². The molecule has 0 unspecified atom stereocenters. The fraction of sp³-hybridized carbons (Fsp3) is 0.909. The molecule has 2 saturated heterocycles. The first kappa shape index (κ1) is 10.9. The van der Waals surface area contributed by atoms with Crippen LogP contribution < -0.4 is 10.6 Å². The summed E-state index contributed by atoms with van der Waals surface area (Å²) < 4.78 is 5.46. The second-order valence-electron chi connectivity index (χ2n) is 4.40. The van der Waals surface area contributed by atoms with Gasteiger partial charge in [-0.3, -0.25) is 4.79 Å². The van der Waals surface area contributed by atoms with Gasteiger partial charge in [-0.05, 0) is 38.8 Å². The van der Waals surface area contributed by atoms with Gasteiger partial charge in [-0.25, -0.2) is 0 Å². The molecule has 0 spiro atoms. The summed E-state index contributed by atoms with van der Waals surface area (Å²) >= 11 is 0. The third-order valence-corrected chi connectivity index (χ3v) is 3.24. The van der Waals surface area contributed by atoms with Crippen molar-refractivity contribution < 1.29 is 9.53 Å². The van der Waals surface area contributed by atoms with Crippen LogP contribution in [-0.2, 0) is 9.53 Å². The van der Waals surface area contributed by atoms with Crippen molar-refractivity contribution in [2.75, 3.05) is 26.2 Å². The summed E-state index contributed by atoms with van der Waals surface area (Å²) in [5.41, 5.74) is 0. The van der Waals surface area contributed by atoms with Crippen molar-refractivity contribution in [2.24, 2.45) is 5.92 Å². The Morgan fingerprint density at radius 1 is 1.33 bits per heavy atom. The Labute approximate surface area is 90.8 Å². The number of ether oxygens (including phenoxy) is 1. The fourth-order valence-corrected chi connectivity index (χ4v) is 2.25. The lowest BCUT2D eigenvalue weighted by molar-refractivity contribution is -0.126. The van der Waals surface area contributed by atoms with Gasteiger partial charge < -0.3 is 15.4 Å². The highest BCUT2D eigenvalue weighted by atomic mass is 16.5. The molecular formula is C11H20N2O2. The molecule has 2 N–H and O–H groups in total. The lowest BCUT2D eigenvalue weighted by Gasteiger charge is -2.22. The van der Waals surface area contributed by atoms with Gasteiger partial charge in [0, 0.05) is 19.1 Å². The van der Waals surface area contributed by atoms with E-state index in [1.54, 1.807) is 0 Å². The van der Waals surface area contributed by atoms with Gasteiger partial charge in [0.2, 0.25) is 5.91 Å². The average Bonchev–Trinajstić information content (AvgIpc) is 2.80. The molecule has 86 valence electrons. The highest BCUT2D eigenvalue weighted by molar-refractivity contribution is 5.78. The molecule has 2 aliphatic rings. The zero-order chi connectivity index (χ0) is 10.5. The SMILES string of the molecule is O=C(NC[C@H]1CCCO1)C1CCNCC1. The predicted octanol–water partition coefficient (Wildman–Crippen LogP) is 0.281. The standard InChI is InChI=1S/C11H20N2O2/c14-11(9-3-5-12-6-4-9)13-8-10-2-1-7-15-10/h9-10,12H,1-8H2,(H,13,14)/t10-/m1/s1. The largest absolute Gasteiger partial charge is 0.376 e. The lowest BCUT2D eigenvalue weighted by atomic mass is 9.97. The molecule has 1 atom stereocenters. The van der Waals surface area contributed by atoms with E-state index in [0.717, 1.165) is 45.4 Å². The smallest absolute Gasteiger partial charge is 0.223 e. The van der Waals surface area contributed by atoms with Crippen molar-refractivity contribution in [3.8, 4) is 0 Å². The van der Waals surface area contributed by atoms with E-state index in [-0.39, 0.29) is 17.9 Å². The number of hydrogen-bond donors (Lipinski definition) is 2. The second-order valence-corrected chi connectivity index (χ2v) is 4.40. The van der Waals surface area contributed by atoms with Crippen molar-refractivity contribution in [1.82, 2.24) is 10.6 Å². The Bertz CT molecular complexity index is 209. The molecule has 0 saturated carbocycles. The van der Waals surface area contributed by atoms with Crippen LogP contribution in [0.5, 0.6) is 0 Å². The number of amides is 1. The Hall–Kier alpha value is -0.610. The first-order valence-electron chi connectivity index (χ1n) is 5.96. The molecule has 2 aliphatic heterocycles. The molecule has 0 aliphatic carbocycles. The van der Waals surface area contributed by atoms with E-state index in [9.17, 15) is 4.79 Å². The Balaban J connectivity index is 1.66. The van der Waals surface area contributed by atoms with Gasteiger partial charge in [0.05, 0.1) is 6.10 Å². The highest BCUT2D eigenvalue weighted by Gasteiger charge is 2.22. The number of hydrogen-bond acceptors (Lipinski definition) is 3. The third-order valence-electron chi connectivity index (χ3n) is 3.24. The first-order chi connectivity index (χ1) is 7.36. The predicted molar refractivity (Wildman–Crippen MR) is 57.6 cm³/mol. The van der Waals surface area contributed by atoms with Crippen LogP contribution in [0.3, 0.4) is 0 Å². The van der Waals surface area contributed by atoms with Crippen LogP contribution in [0.25, 0.3) is 0 Å². The van der Waals surface area contributed by atoms with Crippen LogP contribution in [-0.4, -0.2) is 38.3 Å². The fourth-order valence-electron chi connectivity index (χ4n) is 2.25. The third kappa shape index (κ3) is 3.18. The molecule has 0 aromatic rings. The number of nitrogens with one attached hydrogen (secondary N) is 2. The van der Waals surface area contributed by atoms with Crippen molar-refractivity contribution in [2.45, 2.75) is 31.8 Å². The Morgan fingerprint density at radius 3 is 2.80 bits per heavy atom. The van der Waals surface area contributed by atoms with Gasteiger partial charge in [-0.1, -0.05) is 0 Å². The maximum absolute atomic E-state index is 11.8. The van der Waals surface area contributed by atoms with E-state index >= 15 is 0 Å². The van der Waals surface area contributed by atoms with Crippen molar-refractivity contribution in [3.05, 3.63) is 0 Å². The summed E-state index contributed by atoms with van der Waals surface area (Å²) in [4.78, 5) is 11.8. The van der Waals surface area contributed by atoms with Gasteiger partial charge in [0.1, 0.15) is 0 Å². The number of piperidine rings is 1. The van der Waals surface area contributed by atoms with E-state index in [4.69, 9.17) is 4.74 Å². The number of carbonyl (C=O) groups excluding carboxylic acids is 1. The molecule has 0 aromatic carbocycles. The normalized spacial score (nSPS) is 27.9. The molecule has 2 rings (SSSR count). The minimum Gasteiger partial charge on any atom is -0.376 e. The van der Waals surface area contributed by atoms with Crippen LogP contribution in [0.1, 0.15) is 25.7 Å². The molecule has 4 nitrogen and oxygen atoms in total. The van der Waals surface area contributed by atoms with Crippen molar-refractivity contribution in [1.29, 1.82) is 0 Å². The van der Waals surface area contributed by atoms with Gasteiger partial charge in [-0.2, -0.15) is 0 Å². The minimum atomic E-state index is 0.215. The summed E-state index contributed by atoms with van der Waals surface area (Å²) in [6.07, 6.45) is 4.42. The number of rotatable bonds is 3. The van der Waals surface area contributed by atoms with Crippen LogP contribution in [0.4, 0.5) is 0 Å². The van der Waals surface area contributed by atoms with E-state index in [2.05, 4.69) is 10.6 Å². The van der Waals surface area contributed by atoms with Crippen LogP contribution in [0.2, 0.25) is 0 Å². The summed E-state index contributed by atoms with van der Waals surface area (Å²) in [6, 6.07) is 0. The molecule has 0 aromatic heterocycles. The van der Waals surface area contributed by atoms with E-state index in [1.807, 2.05) is 0 Å². The highest BCUT2D eigenvalue weighted by Crippen LogP contribution is 2.13. The maximum atomic E-state index is 11.8.